The second kappa shape index (κ2) is 8.57. The van der Waals surface area contributed by atoms with Crippen LogP contribution in [0.5, 0.6) is 0 Å². The average molecular weight is 430 g/mol. The predicted octanol–water partition coefficient (Wildman–Crippen LogP) is 4.19. The van der Waals surface area contributed by atoms with Gasteiger partial charge in [0.15, 0.2) is 5.82 Å². The van der Waals surface area contributed by atoms with E-state index >= 15 is 0 Å². The number of nitrogens with one attached hydrogen (secondary N) is 2. The molecule has 2 amide bonds. The van der Waals surface area contributed by atoms with Crippen molar-refractivity contribution in [2.24, 2.45) is 5.92 Å². The van der Waals surface area contributed by atoms with E-state index < -0.39 is 6.04 Å². The number of H-pyrrole nitrogens is 1. The number of aromatic amines is 1. The number of rotatable bonds is 4. The summed E-state index contributed by atoms with van der Waals surface area (Å²) in [6.07, 6.45) is 5.03. The Kier molecular flexibility index (Phi) is 5.47. The molecule has 0 radical (unpaired) electrons. The van der Waals surface area contributed by atoms with Crippen molar-refractivity contribution in [3.05, 3.63) is 66.0 Å². The van der Waals surface area contributed by atoms with Crippen molar-refractivity contribution in [2.75, 3.05) is 5.32 Å². The second-order valence-electron chi connectivity index (χ2n) is 8.76. The van der Waals surface area contributed by atoms with Crippen molar-refractivity contribution in [3.8, 4) is 11.4 Å². The number of fused-ring (bicyclic) bond motifs is 1. The lowest BCUT2D eigenvalue weighted by Gasteiger charge is -2.33. The van der Waals surface area contributed by atoms with Crippen LogP contribution in [0.25, 0.3) is 11.4 Å². The Labute approximate surface area is 187 Å². The van der Waals surface area contributed by atoms with E-state index in [4.69, 9.17) is 0 Å². The molecule has 32 heavy (non-hydrogen) atoms. The summed E-state index contributed by atoms with van der Waals surface area (Å²) in [5, 5.41) is 10.1. The molecule has 2 heterocycles. The molecule has 2 aliphatic rings. The molecule has 2 aromatic carbocycles. The SMILES string of the molecule is Cc1nc(-c2cccc(NC(=O)C3CC4CCCCC4N3C(=O)c3ccccc3)c2)n[nH]1. The van der Waals surface area contributed by atoms with E-state index in [0.29, 0.717) is 23.0 Å². The van der Waals surface area contributed by atoms with Crippen LogP contribution < -0.4 is 5.32 Å². The lowest BCUT2D eigenvalue weighted by Crippen LogP contribution is -2.47. The molecule has 2 N–H and O–H groups in total. The molecule has 1 saturated heterocycles. The van der Waals surface area contributed by atoms with E-state index in [0.717, 1.165) is 37.1 Å². The molecular formula is C25H27N5O2. The predicted molar refractivity (Wildman–Crippen MR) is 122 cm³/mol. The van der Waals surface area contributed by atoms with Crippen molar-refractivity contribution >= 4 is 17.5 Å². The van der Waals surface area contributed by atoms with Crippen molar-refractivity contribution in [3.63, 3.8) is 0 Å². The van der Waals surface area contributed by atoms with Crippen molar-refractivity contribution in [1.82, 2.24) is 20.1 Å². The molecule has 3 atom stereocenters. The highest BCUT2D eigenvalue weighted by atomic mass is 16.2. The largest absolute Gasteiger partial charge is 0.324 e. The molecule has 0 spiro atoms. The first-order valence-corrected chi connectivity index (χ1v) is 11.3. The van der Waals surface area contributed by atoms with Crippen LogP contribution in [-0.2, 0) is 4.79 Å². The average Bonchev–Trinajstić information content (AvgIpc) is 3.43. The number of anilines is 1. The van der Waals surface area contributed by atoms with Crippen LogP contribution in [0, 0.1) is 12.8 Å². The highest BCUT2D eigenvalue weighted by molar-refractivity contribution is 6.02. The third kappa shape index (κ3) is 3.90. The van der Waals surface area contributed by atoms with Crippen LogP contribution in [-0.4, -0.2) is 44.0 Å². The Morgan fingerprint density at radius 3 is 2.66 bits per heavy atom. The van der Waals surface area contributed by atoms with Gasteiger partial charge in [-0.2, -0.15) is 5.10 Å². The quantitative estimate of drug-likeness (QED) is 0.651. The molecule has 5 rings (SSSR count). The molecule has 3 aromatic rings. The summed E-state index contributed by atoms with van der Waals surface area (Å²) in [7, 11) is 0. The maximum Gasteiger partial charge on any atom is 0.254 e. The Hall–Kier alpha value is -3.48. The van der Waals surface area contributed by atoms with Crippen molar-refractivity contribution < 1.29 is 9.59 Å². The molecule has 1 aromatic heterocycles. The topological polar surface area (TPSA) is 91.0 Å². The van der Waals surface area contributed by atoms with Crippen LogP contribution in [0.3, 0.4) is 0 Å². The fourth-order valence-corrected chi connectivity index (χ4v) is 5.15. The second-order valence-corrected chi connectivity index (χ2v) is 8.76. The summed E-state index contributed by atoms with van der Waals surface area (Å²) in [4.78, 5) is 33.1. The summed E-state index contributed by atoms with van der Waals surface area (Å²) in [5.74, 6) is 1.52. The summed E-state index contributed by atoms with van der Waals surface area (Å²) in [6, 6.07) is 16.5. The van der Waals surface area contributed by atoms with Crippen LogP contribution in [0.15, 0.2) is 54.6 Å². The minimum atomic E-state index is -0.467. The van der Waals surface area contributed by atoms with E-state index in [1.165, 1.54) is 6.42 Å². The van der Waals surface area contributed by atoms with E-state index in [2.05, 4.69) is 20.5 Å². The minimum Gasteiger partial charge on any atom is -0.324 e. The van der Waals surface area contributed by atoms with E-state index in [1.54, 1.807) is 0 Å². The standard InChI is InChI=1S/C25H27N5O2/c1-16-26-23(29-28-16)19-11-7-12-20(14-19)27-24(31)22-15-18-10-5-6-13-21(18)30(22)25(32)17-8-3-2-4-9-17/h2-4,7-9,11-12,14,18,21-22H,5-6,10,13,15H2,1H3,(H,27,31)(H,26,28,29). The first-order valence-electron chi connectivity index (χ1n) is 11.3. The number of aromatic nitrogens is 3. The monoisotopic (exact) mass is 429 g/mol. The van der Waals surface area contributed by atoms with Gasteiger partial charge in [0.25, 0.3) is 5.91 Å². The molecule has 1 aliphatic carbocycles. The van der Waals surface area contributed by atoms with Gasteiger partial charge in [-0.15, -0.1) is 0 Å². The van der Waals surface area contributed by atoms with Gasteiger partial charge >= 0.3 is 0 Å². The fourth-order valence-electron chi connectivity index (χ4n) is 5.15. The number of benzene rings is 2. The molecule has 7 heteroatoms. The highest BCUT2D eigenvalue weighted by Gasteiger charge is 2.47. The van der Waals surface area contributed by atoms with Gasteiger partial charge in [0.05, 0.1) is 0 Å². The zero-order valence-electron chi connectivity index (χ0n) is 18.1. The lowest BCUT2D eigenvalue weighted by molar-refractivity contribution is -0.120. The van der Waals surface area contributed by atoms with Crippen LogP contribution in [0.4, 0.5) is 5.69 Å². The number of carbonyl (C=O) groups is 2. The normalized spacial score (nSPS) is 22.4. The lowest BCUT2D eigenvalue weighted by atomic mass is 9.84. The number of aryl methyl sites for hydroxylation is 1. The summed E-state index contributed by atoms with van der Waals surface area (Å²) in [6.45, 7) is 1.85. The number of hydrogen-bond donors (Lipinski definition) is 2. The minimum absolute atomic E-state index is 0.0508. The Bertz CT molecular complexity index is 1130. The number of likely N-dealkylation sites (tertiary alicyclic amines) is 1. The van der Waals surface area contributed by atoms with E-state index in [-0.39, 0.29) is 17.9 Å². The molecule has 1 saturated carbocycles. The third-order valence-electron chi connectivity index (χ3n) is 6.63. The summed E-state index contributed by atoms with van der Waals surface area (Å²) >= 11 is 0. The molecule has 3 unspecified atom stereocenters. The van der Waals surface area contributed by atoms with Gasteiger partial charge in [0.2, 0.25) is 5.91 Å². The van der Waals surface area contributed by atoms with E-state index in [1.807, 2.05) is 66.4 Å². The first-order chi connectivity index (χ1) is 15.6. The third-order valence-corrected chi connectivity index (χ3v) is 6.63. The molecule has 1 aliphatic heterocycles. The van der Waals surface area contributed by atoms with E-state index in [9.17, 15) is 9.59 Å². The van der Waals surface area contributed by atoms with Gasteiger partial charge in [-0.3, -0.25) is 14.7 Å². The summed E-state index contributed by atoms with van der Waals surface area (Å²) < 4.78 is 0. The van der Waals surface area contributed by atoms with Gasteiger partial charge in [0.1, 0.15) is 11.9 Å². The Morgan fingerprint density at radius 1 is 1.06 bits per heavy atom. The molecule has 164 valence electrons. The highest BCUT2D eigenvalue weighted by Crippen LogP contribution is 2.41. The van der Waals surface area contributed by atoms with Gasteiger partial charge in [-0.1, -0.05) is 43.2 Å². The Morgan fingerprint density at radius 2 is 1.88 bits per heavy atom. The number of nitrogens with zero attached hydrogens (tertiary/aromatic N) is 3. The molecule has 7 nitrogen and oxygen atoms in total. The zero-order chi connectivity index (χ0) is 22.1. The van der Waals surface area contributed by atoms with Crippen LogP contribution in [0.1, 0.15) is 48.3 Å². The van der Waals surface area contributed by atoms with Crippen LogP contribution >= 0.6 is 0 Å². The number of carbonyl (C=O) groups excluding carboxylic acids is 2. The van der Waals surface area contributed by atoms with Gasteiger partial charge in [-0.05, 0) is 56.4 Å². The molecule has 2 fully saturated rings. The number of hydrogen-bond acceptors (Lipinski definition) is 4. The van der Waals surface area contributed by atoms with Gasteiger partial charge in [0, 0.05) is 22.9 Å². The van der Waals surface area contributed by atoms with Crippen molar-refractivity contribution in [1.29, 1.82) is 0 Å². The molecule has 0 bridgehead atoms. The maximum absolute atomic E-state index is 13.4. The zero-order valence-corrected chi connectivity index (χ0v) is 18.1. The number of amides is 2. The van der Waals surface area contributed by atoms with Crippen LogP contribution in [0.2, 0.25) is 0 Å². The van der Waals surface area contributed by atoms with Crippen molar-refractivity contribution in [2.45, 2.75) is 51.1 Å². The maximum atomic E-state index is 13.4. The Balaban J connectivity index is 1.39. The van der Waals surface area contributed by atoms with Gasteiger partial charge in [-0.25, -0.2) is 4.98 Å². The summed E-state index contributed by atoms with van der Waals surface area (Å²) in [5.41, 5.74) is 2.14. The van der Waals surface area contributed by atoms with Gasteiger partial charge < -0.3 is 10.2 Å². The first kappa shape index (κ1) is 20.4. The molecular weight excluding hydrogens is 402 g/mol. The fraction of sp³-hybridized carbons (Fsp3) is 0.360. The smallest absolute Gasteiger partial charge is 0.254 e.